The first-order chi connectivity index (χ1) is 8.88. The Bertz CT molecular complexity index is 748. The average Bonchev–Trinajstić information content (AvgIpc) is 2.71. The van der Waals surface area contributed by atoms with Crippen LogP contribution in [-0.2, 0) is 20.6 Å². The second kappa shape index (κ2) is 5.10. The third-order valence-electron chi connectivity index (χ3n) is 2.87. The highest BCUT2D eigenvalue weighted by molar-refractivity contribution is 9.10. The van der Waals surface area contributed by atoms with Crippen LogP contribution in [0.4, 0.5) is 0 Å². The summed E-state index contributed by atoms with van der Waals surface area (Å²) in [4.78, 5) is 28.1. The normalized spacial score (nSPS) is 13.1. The summed E-state index contributed by atoms with van der Waals surface area (Å²) in [5.41, 5.74) is -0.395. The van der Waals surface area contributed by atoms with Gasteiger partial charge >= 0.3 is 5.69 Å². The van der Waals surface area contributed by atoms with Crippen molar-refractivity contribution in [2.45, 2.75) is 12.6 Å². The number of imidazole rings is 1. The average molecular weight is 352 g/mol. The molecule has 0 amide bonds. The lowest BCUT2D eigenvalue weighted by Crippen LogP contribution is -2.37. The van der Waals surface area contributed by atoms with Gasteiger partial charge in [-0.3, -0.25) is 13.9 Å². The summed E-state index contributed by atoms with van der Waals surface area (Å²) in [6.45, 7) is 0.119. The van der Waals surface area contributed by atoms with Crippen molar-refractivity contribution in [1.29, 1.82) is 0 Å². The van der Waals surface area contributed by atoms with Crippen LogP contribution >= 0.6 is 27.5 Å². The Balaban J connectivity index is 2.83. The Morgan fingerprint density at radius 2 is 2.00 bits per heavy atom. The molecule has 104 valence electrons. The van der Waals surface area contributed by atoms with E-state index in [1.807, 2.05) is 0 Å². The van der Waals surface area contributed by atoms with Crippen LogP contribution in [0.5, 0.6) is 0 Å². The van der Waals surface area contributed by atoms with Crippen molar-refractivity contribution in [2.24, 2.45) is 14.1 Å². The highest BCUT2D eigenvalue weighted by Crippen LogP contribution is 2.16. The molecular weight excluding hydrogens is 339 g/mol. The minimum absolute atomic E-state index is 0.0399. The summed E-state index contributed by atoms with van der Waals surface area (Å²) in [5, 5.41) is 9.62. The number of aliphatic hydroxyl groups excluding tert-OH is 1. The Labute approximate surface area is 121 Å². The molecule has 0 fully saturated rings. The van der Waals surface area contributed by atoms with E-state index >= 15 is 0 Å². The molecule has 9 heteroatoms. The number of halogens is 2. The van der Waals surface area contributed by atoms with E-state index in [0.717, 1.165) is 4.57 Å². The highest BCUT2D eigenvalue weighted by atomic mass is 79.9. The van der Waals surface area contributed by atoms with Gasteiger partial charge in [0.1, 0.15) is 0 Å². The zero-order valence-corrected chi connectivity index (χ0v) is 12.6. The lowest BCUT2D eigenvalue weighted by molar-refractivity contribution is 0.177. The van der Waals surface area contributed by atoms with Crippen LogP contribution in [0, 0.1) is 0 Å². The number of aryl methyl sites for hydroxylation is 1. The molecule has 0 saturated carbocycles. The molecular formula is C10H12BrClN4O3. The van der Waals surface area contributed by atoms with Crippen molar-refractivity contribution in [1.82, 2.24) is 18.7 Å². The Hall–Kier alpha value is -1.12. The number of rotatable bonds is 3. The molecule has 2 heterocycles. The summed E-state index contributed by atoms with van der Waals surface area (Å²) in [6.07, 6.45) is -0.808. The van der Waals surface area contributed by atoms with E-state index < -0.39 is 17.4 Å². The van der Waals surface area contributed by atoms with Crippen molar-refractivity contribution in [3.63, 3.8) is 0 Å². The van der Waals surface area contributed by atoms with E-state index in [-0.39, 0.29) is 23.6 Å². The van der Waals surface area contributed by atoms with E-state index in [1.54, 1.807) is 0 Å². The third-order valence-corrected chi connectivity index (χ3v) is 3.83. The van der Waals surface area contributed by atoms with Crippen LogP contribution in [0.2, 0.25) is 0 Å². The first kappa shape index (κ1) is 14.3. The first-order valence-corrected chi connectivity index (χ1v) is 6.77. The molecule has 1 atom stereocenters. The molecule has 0 spiro atoms. The topological polar surface area (TPSA) is 82.0 Å². The van der Waals surface area contributed by atoms with E-state index in [1.165, 1.54) is 23.2 Å². The molecule has 1 N–H and O–H groups in total. The van der Waals surface area contributed by atoms with Crippen LogP contribution in [0.1, 0.15) is 0 Å². The van der Waals surface area contributed by atoms with Gasteiger partial charge in [-0.25, -0.2) is 9.78 Å². The molecule has 1 unspecified atom stereocenters. The monoisotopic (exact) mass is 350 g/mol. The van der Waals surface area contributed by atoms with E-state index in [9.17, 15) is 14.7 Å². The molecule has 2 aromatic heterocycles. The molecule has 0 saturated heterocycles. The van der Waals surface area contributed by atoms with Crippen LogP contribution in [-0.4, -0.2) is 35.8 Å². The smallest absolute Gasteiger partial charge is 0.332 e. The van der Waals surface area contributed by atoms with Gasteiger partial charge in [0.25, 0.3) is 5.56 Å². The minimum Gasteiger partial charge on any atom is -0.390 e. The third kappa shape index (κ3) is 2.24. The Morgan fingerprint density at radius 1 is 1.37 bits per heavy atom. The largest absolute Gasteiger partial charge is 0.390 e. The summed E-state index contributed by atoms with van der Waals surface area (Å²) >= 11 is 8.78. The molecule has 0 aromatic carbocycles. The predicted octanol–water partition coefficient (Wildman–Crippen LogP) is -0.204. The zero-order chi connectivity index (χ0) is 14.3. The van der Waals surface area contributed by atoms with Crippen molar-refractivity contribution in [3.8, 4) is 0 Å². The molecule has 2 rings (SSSR count). The Kier molecular flexibility index (Phi) is 3.84. The fourth-order valence-electron chi connectivity index (χ4n) is 1.85. The van der Waals surface area contributed by atoms with E-state index in [0.29, 0.717) is 4.73 Å². The molecule has 0 aliphatic heterocycles. The second-order valence-electron chi connectivity index (χ2n) is 4.18. The summed E-state index contributed by atoms with van der Waals surface area (Å²) in [5.74, 6) is 0.0399. The van der Waals surface area contributed by atoms with Crippen LogP contribution < -0.4 is 11.2 Å². The van der Waals surface area contributed by atoms with E-state index in [4.69, 9.17) is 11.6 Å². The van der Waals surface area contributed by atoms with E-state index in [2.05, 4.69) is 20.9 Å². The van der Waals surface area contributed by atoms with Gasteiger partial charge < -0.3 is 9.67 Å². The number of aromatic nitrogens is 4. The lowest BCUT2D eigenvalue weighted by atomic mass is 10.4. The second-order valence-corrected chi connectivity index (χ2v) is 5.20. The quantitative estimate of drug-likeness (QED) is 0.613. The first-order valence-electron chi connectivity index (χ1n) is 5.44. The summed E-state index contributed by atoms with van der Waals surface area (Å²) in [6, 6.07) is 0. The number of aliphatic hydroxyl groups is 1. The van der Waals surface area contributed by atoms with Gasteiger partial charge in [0.15, 0.2) is 15.9 Å². The maximum absolute atomic E-state index is 12.2. The van der Waals surface area contributed by atoms with Gasteiger partial charge in [-0.2, -0.15) is 0 Å². The standard InChI is InChI=1S/C10H12BrClN4O3/c1-14-7-6(8(18)15(2)10(14)19)16(9(11)13-7)4-5(17)3-12/h5,17H,3-4H2,1-2H3. The predicted molar refractivity (Wildman–Crippen MR) is 74.6 cm³/mol. The van der Waals surface area contributed by atoms with Crippen LogP contribution in [0.25, 0.3) is 11.2 Å². The maximum atomic E-state index is 12.2. The number of fused-ring (bicyclic) bond motifs is 1. The van der Waals surface area contributed by atoms with Gasteiger partial charge in [0.05, 0.1) is 18.5 Å². The maximum Gasteiger partial charge on any atom is 0.332 e. The summed E-state index contributed by atoms with van der Waals surface area (Å²) in [7, 11) is 2.93. The van der Waals surface area contributed by atoms with Crippen molar-refractivity contribution >= 4 is 38.7 Å². The number of nitrogens with zero attached hydrogens (tertiary/aromatic N) is 4. The van der Waals surface area contributed by atoms with Gasteiger partial charge in [0, 0.05) is 14.1 Å². The summed E-state index contributed by atoms with van der Waals surface area (Å²) < 4.78 is 4.15. The molecule has 0 aliphatic rings. The molecule has 2 aromatic rings. The van der Waals surface area contributed by atoms with Gasteiger partial charge in [-0.15, -0.1) is 11.6 Å². The van der Waals surface area contributed by atoms with Gasteiger partial charge in [-0.1, -0.05) is 0 Å². The zero-order valence-electron chi connectivity index (χ0n) is 10.3. The van der Waals surface area contributed by atoms with Gasteiger partial charge in [0.2, 0.25) is 0 Å². The molecule has 19 heavy (non-hydrogen) atoms. The molecule has 0 aliphatic carbocycles. The van der Waals surface area contributed by atoms with Crippen molar-refractivity contribution in [3.05, 3.63) is 25.6 Å². The molecule has 0 bridgehead atoms. The minimum atomic E-state index is -0.808. The molecule has 7 nitrogen and oxygen atoms in total. The highest BCUT2D eigenvalue weighted by Gasteiger charge is 2.19. The number of hydrogen-bond acceptors (Lipinski definition) is 4. The fraction of sp³-hybridized carbons (Fsp3) is 0.500. The number of alkyl halides is 1. The lowest BCUT2D eigenvalue weighted by Gasteiger charge is -2.10. The van der Waals surface area contributed by atoms with Crippen molar-refractivity contribution in [2.75, 3.05) is 5.88 Å². The molecule has 0 radical (unpaired) electrons. The SMILES string of the molecule is Cn1c(=O)c2c(nc(Br)n2CC(O)CCl)n(C)c1=O. The van der Waals surface area contributed by atoms with Gasteiger partial charge in [-0.05, 0) is 15.9 Å². The number of hydrogen-bond donors (Lipinski definition) is 1. The van der Waals surface area contributed by atoms with Crippen LogP contribution in [0.3, 0.4) is 0 Å². The van der Waals surface area contributed by atoms with Crippen LogP contribution in [0.15, 0.2) is 14.3 Å². The Morgan fingerprint density at radius 3 is 2.58 bits per heavy atom. The fourth-order valence-corrected chi connectivity index (χ4v) is 2.43. The van der Waals surface area contributed by atoms with Crippen molar-refractivity contribution < 1.29 is 5.11 Å².